The molecule has 728 valence electrons. The van der Waals surface area contributed by atoms with Crippen LogP contribution >= 0.6 is 11.8 Å². The van der Waals surface area contributed by atoms with Crippen LogP contribution in [-0.2, 0) is 86.3 Å². The molecule has 0 aliphatic carbocycles. The van der Waals surface area contributed by atoms with Crippen molar-refractivity contribution in [1.29, 1.82) is 0 Å². The molecule has 0 radical (unpaired) electrons. The van der Waals surface area contributed by atoms with Crippen molar-refractivity contribution >= 4 is 124 Å². The first-order chi connectivity index (χ1) is 60.7. The molecule has 5 fully saturated rings. The Hall–Kier alpha value is -10.0. The third-order valence-corrected chi connectivity index (χ3v) is 25.2. The van der Waals surface area contributed by atoms with Crippen molar-refractivity contribution in [3.8, 4) is 0 Å². The molecule has 42 nitrogen and oxygen atoms in total. The number of carbonyl (C=O) groups is 18. The second-order valence-electron chi connectivity index (χ2n) is 36.5. The molecule has 0 aromatic heterocycles. The Balaban J connectivity index is 1.24. The average Bonchev–Trinajstić information content (AvgIpc) is 1.74. The molecule has 0 bridgehead atoms. The third-order valence-electron chi connectivity index (χ3n) is 24.6. The Labute approximate surface area is 760 Å². The van der Waals surface area contributed by atoms with Crippen LogP contribution in [0.2, 0.25) is 0 Å². The molecule has 0 aromatic rings. The van der Waals surface area contributed by atoms with Crippen LogP contribution in [0.5, 0.6) is 0 Å². The number of hydrogen-bond acceptors (Lipinski definition) is 23. The van der Waals surface area contributed by atoms with Crippen molar-refractivity contribution in [1.82, 2.24) is 88.3 Å². The fourth-order valence-corrected chi connectivity index (χ4v) is 17.0. The zero-order chi connectivity index (χ0) is 96.9. The third kappa shape index (κ3) is 31.1. The fraction of sp³-hybridized carbons (Fsp3) is 0.779. The van der Waals surface area contributed by atoms with Crippen LogP contribution in [0.15, 0.2) is 4.99 Å². The zero-order valence-corrected chi connectivity index (χ0v) is 78.9. The van der Waals surface area contributed by atoms with E-state index in [1.165, 1.54) is 50.1 Å². The monoisotopic (exact) mass is 1840 g/mol. The van der Waals surface area contributed by atoms with E-state index in [2.05, 4.69) is 68.8 Å². The molecule has 43 heteroatoms. The van der Waals surface area contributed by atoms with E-state index >= 15 is 0 Å². The lowest BCUT2D eigenvalue weighted by molar-refractivity contribution is -0.150. The topological polar surface area (TPSA) is 619 Å². The number of aliphatic carboxylic acids is 1. The van der Waals surface area contributed by atoms with Gasteiger partial charge in [-0.3, -0.25) is 86.5 Å². The summed E-state index contributed by atoms with van der Waals surface area (Å²) >= 11 is 1.32. The number of aliphatic imine (C=N–C) groups is 1. The lowest BCUT2D eigenvalue weighted by Gasteiger charge is -2.33. The molecule has 20 atom stereocenters. The summed E-state index contributed by atoms with van der Waals surface area (Å²) in [6.45, 7) is 25.7. The van der Waals surface area contributed by atoms with Gasteiger partial charge in [0, 0.05) is 39.3 Å². The van der Waals surface area contributed by atoms with Crippen LogP contribution in [-0.4, -0.2) is 325 Å². The Bertz CT molecular complexity index is 3940. The molecule has 21 N–H and O–H groups in total. The number of rotatable bonds is 49. The summed E-state index contributed by atoms with van der Waals surface area (Å²) in [5.41, 5.74) is 17.1. The number of nitrogens with one attached hydrogen (secondary N) is 12. The van der Waals surface area contributed by atoms with Gasteiger partial charge in [0.2, 0.25) is 100 Å². The Kier molecular flexibility index (Phi) is 44.2. The van der Waals surface area contributed by atoms with Gasteiger partial charge in [-0.1, -0.05) is 110 Å². The number of aliphatic hydroxyl groups is 2. The molecule has 0 unspecified atom stereocenters. The number of nitrogens with zero attached hydrogens (tertiary/aromatic N) is 6. The normalized spacial score (nSPS) is 21.0. The van der Waals surface area contributed by atoms with Gasteiger partial charge in [-0.15, -0.1) is 0 Å². The van der Waals surface area contributed by atoms with Gasteiger partial charge >= 0.3 is 5.97 Å². The highest BCUT2D eigenvalue weighted by Gasteiger charge is 2.48. The summed E-state index contributed by atoms with van der Waals surface area (Å²) in [6.07, 6.45) is 3.90. The predicted molar refractivity (Wildman–Crippen MR) is 479 cm³/mol. The number of hydrogen-bond donors (Lipinski definition) is 18. The van der Waals surface area contributed by atoms with Gasteiger partial charge in [-0.25, -0.2) is 4.79 Å². The summed E-state index contributed by atoms with van der Waals surface area (Å²) < 4.78 is 0. The van der Waals surface area contributed by atoms with Crippen molar-refractivity contribution in [2.24, 2.45) is 63.6 Å². The van der Waals surface area contributed by atoms with E-state index in [4.69, 9.17) is 17.2 Å². The van der Waals surface area contributed by atoms with Gasteiger partial charge < -0.3 is 121 Å². The van der Waals surface area contributed by atoms with Crippen LogP contribution in [0, 0.1) is 41.4 Å². The van der Waals surface area contributed by atoms with E-state index < -0.39 is 258 Å². The minimum absolute atomic E-state index is 0.0169. The molecule has 5 aliphatic rings. The number of likely N-dealkylation sites (tertiary alicyclic amines) is 5. The van der Waals surface area contributed by atoms with Crippen LogP contribution in [0.4, 0.5) is 0 Å². The van der Waals surface area contributed by atoms with Crippen molar-refractivity contribution in [3.63, 3.8) is 0 Å². The van der Waals surface area contributed by atoms with Gasteiger partial charge in [0.05, 0.1) is 25.3 Å². The van der Waals surface area contributed by atoms with E-state index in [-0.39, 0.29) is 121 Å². The Morgan fingerprint density at radius 2 is 0.760 bits per heavy atom. The highest BCUT2D eigenvalue weighted by Crippen LogP contribution is 2.28. The molecule has 129 heavy (non-hydrogen) atoms. The van der Waals surface area contributed by atoms with Gasteiger partial charge in [0.15, 0.2) is 5.96 Å². The smallest absolute Gasteiger partial charge is 0.326 e. The van der Waals surface area contributed by atoms with Crippen LogP contribution in [0.25, 0.3) is 0 Å². The fourth-order valence-electron chi connectivity index (χ4n) is 16.6. The van der Waals surface area contributed by atoms with Gasteiger partial charge in [-0.05, 0) is 157 Å². The van der Waals surface area contributed by atoms with E-state index in [9.17, 15) is 102 Å². The number of carboxylic acid groups (broad SMARTS) is 1. The SMILES string of the molecule is CC[C@H](C)[C@H](NC(=O)CNC(=O)[C@@H]1CCCN1C(=O)[C@@H](NC(=O)[C@H](CO)NC(=O)[C@@H]1CCCN1C(=O)[C@@H](NC(=O)[C@H](CCSC)NC(=O)[C@@H](NC(=O)[C@@H](NC(=O)[C@@H]1CCCN1C(=O)[C@H](CCCN=C(N)N)NC(=O)[C@@H](NC(=O)[C@H](CC(C)C)NC(=O)[C@@H]1CCCN1C(=O)[C@@H](NC(=O)[C@H](C)N)C(C)C)C(C)C)C(C)C)[C@@H](C)O)C(C)C)[C@@H](C)CC)C(=O)N1CCC[C@H]1C(=O)O. The molecule has 17 amide bonds. The molecule has 0 aromatic carbocycles. The van der Waals surface area contributed by atoms with Crippen molar-refractivity contribution < 1.29 is 102 Å². The van der Waals surface area contributed by atoms with E-state index in [1.54, 1.807) is 82.4 Å². The number of carbonyl (C=O) groups excluding carboxylic acids is 17. The quantitative estimate of drug-likeness (QED) is 0.0162. The second-order valence-corrected chi connectivity index (χ2v) is 37.5. The lowest BCUT2D eigenvalue weighted by Crippen LogP contribution is -2.63. The highest BCUT2D eigenvalue weighted by molar-refractivity contribution is 7.98. The minimum atomic E-state index is -1.77. The maximum atomic E-state index is 15.0. The van der Waals surface area contributed by atoms with Crippen molar-refractivity contribution in [3.05, 3.63) is 0 Å². The second kappa shape index (κ2) is 52.1. The Morgan fingerprint density at radius 3 is 1.19 bits per heavy atom. The molecule has 5 heterocycles. The molecule has 5 saturated heterocycles. The molecule has 5 aliphatic heterocycles. The summed E-state index contributed by atoms with van der Waals surface area (Å²) in [7, 11) is 0. The summed E-state index contributed by atoms with van der Waals surface area (Å²) in [4.78, 5) is 264. The molecule has 0 spiro atoms. The average molecular weight is 1840 g/mol. The first-order valence-corrected chi connectivity index (χ1v) is 47.0. The van der Waals surface area contributed by atoms with E-state index in [0.717, 1.165) is 0 Å². The molecular formula is C86H147N21O21S. The number of thioether (sulfide) groups is 1. The minimum Gasteiger partial charge on any atom is -0.480 e. The maximum absolute atomic E-state index is 15.0. The first kappa shape index (κ1) is 109. The summed E-state index contributed by atoms with van der Waals surface area (Å²) in [5, 5.41) is 63.7. The van der Waals surface area contributed by atoms with Crippen molar-refractivity contribution in [2.75, 3.05) is 64.4 Å². The maximum Gasteiger partial charge on any atom is 0.326 e. The van der Waals surface area contributed by atoms with E-state index in [0.29, 0.717) is 44.9 Å². The largest absolute Gasteiger partial charge is 0.480 e. The number of carboxylic acids is 1. The van der Waals surface area contributed by atoms with E-state index in [1.807, 2.05) is 20.8 Å². The molecule has 5 rings (SSSR count). The molecule has 0 saturated carbocycles. The lowest BCUT2D eigenvalue weighted by atomic mass is 9.96. The number of amides is 17. The first-order valence-electron chi connectivity index (χ1n) is 45.6. The number of aliphatic hydroxyl groups excluding tert-OH is 2. The number of guanidine groups is 1. The van der Waals surface area contributed by atoms with Crippen LogP contribution in [0.1, 0.15) is 214 Å². The predicted octanol–water partition coefficient (Wildman–Crippen LogP) is -3.24. The van der Waals surface area contributed by atoms with Crippen molar-refractivity contribution in [2.45, 2.75) is 322 Å². The zero-order valence-electron chi connectivity index (χ0n) is 78.1. The highest BCUT2D eigenvalue weighted by atomic mass is 32.2. The van der Waals surface area contributed by atoms with Gasteiger partial charge in [0.1, 0.15) is 96.7 Å². The van der Waals surface area contributed by atoms with Crippen LogP contribution in [0.3, 0.4) is 0 Å². The Morgan fingerprint density at radius 1 is 0.403 bits per heavy atom. The van der Waals surface area contributed by atoms with Crippen LogP contribution < -0.4 is 81.0 Å². The summed E-state index contributed by atoms with van der Waals surface area (Å²) in [5.74, 6) is -17.2. The number of nitrogens with two attached hydrogens (primary N) is 3. The standard InChI is InChI=1S/C86H147N21O21S/c1-18-48(13)66(83(125)107-38-25-31-60(107)85(127)128)96-61(110)41-91-73(115)56-27-21-35-104(56)84(126)67(49(14)19-2)101-72(114)55(42-108)95-75(117)58-29-24-37-106(58)82(124)65(47(11)12)100-70(112)52(32-39-129-17)92-79(121)68(51(16)109)102-78(120)63(45(7)8)98-76(118)59-30-22-34-103(59)80(122)53(26-20-33-90-86(88)89)93-77(119)62(44(5)6)97-71(113)54(40-43(3)4)94-74(116)57-28-23-36-105(57)81(123)64(46(9)10)99-69(111)50(15)87/h43-60,62-68,108-109H,18-42,87H2,1-17H3,(H,91,115)(H,92,121)(H,93,119)(H,94,116)(H,95,117)(H,96,110)(H,97,113)(H,98,118)(H,99,111)(H,100,112)(H,101,114)(H,102,120)(H,127,128)(H4,88,89,90)/t48-,49-,50-,51+,52-,53-,54-,55-,56-,57-,58-,59-,60-,62-,63-,64-,65-,66-,67-,68-/m0/s1. The van der Waals surface area contributed by atoms with Gasteiger partial charge in [-0.2, -0.15) is 11.8 Å². The molecular weight excluding hydrogens is 1700 g/mol. The summed E-state index contributed by atoms with van der Waals surface area (Å²) in [6, 6.07) is -21.3. The van der Waals surface area contributed by atoms with Gasteiger partial charge in [0.25, 0.3) is 0 Å².